The standard InChI is InChI=1S/C17H30N4S/c1-5-18-17(20-11-16-10-19-13(4)22-16)21-15-8-6-14(7-9-15)12(2)3/h10,12,14-15H,5-9,11H2,1-4H3,(H2,18,20,21). The Hall–Kier alpha value is -1.10. The van der Waals surface area contributed by atoms with Crippen molar-refractivity contribution in [2.45, 2.75) is 66.0 Å². The van der Waals surface area contributed by atoms with E-state index in [9.17, 15) is 0 Å². The molecule has 124 valence electrons. The molecule has 22 heavy (non-hydrogen) atoms. The average Bonchev–Trinajstić information content (AvgIpc) is 2.91. The third-order valence-corrected chi connectivity index (χ3v) is 5.36. The van der Waals surface area contributed by atoms with Gasteiger partial charge in [0.15, 0.2) is 5.96 Å². The lowest BCUT2D eigenvalue weighted by Gasteiger charge is -2.32. The summed E-state index contributed by atoms with van der Waals surface area (Å²) < 4.78 is 0. The molecule has 0 amide bonds. The topological polar surface area (TPSA) is 49.3 Å². The van der Waals surface area contributed by atoms with E-state index in [0.29, 0.717) is 12.6 Å². The minimum absolute atomic E-state index is 0.566. The number of thiazole rings is 1. The van der Waals surface area contributed by atoms with Gasteiger partial charge in [-0.05, 0) is 51.4 Å². The quantitative estimate of drug-likeness (QED) is 0.641. The summed E-state index contributed by atoms with van der Waals surface area (Å²) in [6, 6.07) is 0.566. The summed E-state index contributed by atoms with van der Waals surface area (Å²) >= 11 is 1.72. The van der Waals surface area contributed by atoms with Crippen LogP contribution < -0.4 is 10.6 Å². The van der Waals surface area contributed by atoms with Crippen LogP contribution in [0.25, 0.3) is 0 Å². The molecule has 0 aromatic carbocycles. The minimum Gasteiger partial charge on any atom is -0.357 e. The van der Waals surface area contributed by atoms with Gasteiger partial charge in [-0.25, -0.2) is 9.98 Å². The third-order valence-electron chi connectivity index (χ3n) is 4.46. The second kappa shape index (κ2) is 8.51. The summed E-state index contributed by atoms with van der Waals surface area (Å²) in [5.74, 6) is 2.66. The molecule has 0 spiro atoms. The van der Waals surface area contributed by atoms with E-state index in [1.807, 2.05) is 13.1 Å². The van der Waals surface area contributed by atoms with E-state index in [4.69, 9.17) is 4.99 Å². The van der Waals surface area contributed by atoms with Gasteiger partial charge in [0, 0.05) is 23.7 Å². The first-order chi connectivity index (χ1) is 10.6. The van der Waals surface area contributed by atoms with Crippen molar-refractivity contribution in [1.82, 2.24) is 15.6 Å². The van der Waals surface area contributed by atoms with Crippen molar-refractivity contribution in [2.24, 2.45) is 16.8 Å². The van der Waals surface area contributed by atoms with Crippen LogP contribution in [0.1, 0.15) is 56.3 Å². The van der Waals surface area contributed by atoms with Gasteiger partial charge in [0.05, 0.1) is 11.6 Å². The lowest BCUT2D eigenvalue weighted by Crippen LogP contribution is -2.45. The number of guanidine groups is 1. The monoisotopic (exact) mass is 322 g/mol. The van der Waals surface area contributed by atoms with E-state index in [0.717, 1.165) is 29.3 Å². The highest BCUT2D eigenvalue weighted by Crippen LogP contribution is 2.29. The fourth-order valence-corrected chi connectivity index (χ4v) is 3.80. The lowest BCUT2D eigenvalue weighted by molar-refractivity contribution is 0.250. The molecule has 2 rings (SSSR count). The van der Waals surface area contributed by atoms with E-state index in [1.54, 1.807) is 11.3 Å². The Labute approximate surface area is 138 Å². The van der Waals surface area contributed by atoms with Crippen molar-refractivity contribution in [3.8, 4) is 0 Å². The molecule has 0 bridgehead atoms. The minimum atomic E-state index is 0.566. The molecular weight excluding hydrogens is 292 g/mol. The molecule has 0 unspecified atom stereocenters. The Morgan fingerprint density at radius 3 is 2.64 bits per heavy atom. The smallest absolute Gasteiger partial charge is 0.191 e. The van der Waals surface area contributed by atoms with Crippen molar-refractivity contribution in [1.29, 1.82) is 0 Å². The summed E-state index contributed by atoms with van der Waals surface area (Å²) in [4.78, 5) is 10.2. The second-order valence-electron chi connectivity index (χ2n) is 6.54. The van der Waals surface area contributed by atoms with Crippen molar-refractivity contribution < 1.29 is 0 Å². The molecule has 1 heterocycles. The SMILES string of the molecule is CCNC(=NCc1cnc(C)s1)NC1CCC(C(C)C)CC1. The van der Waals surface area contributed by atoms with Crippen LogP contribution in [0.4, 0.5) is 0 Å². The summed E-state index contributed by atoms with van der Waals surface area (Å²) in [7, 11) is 0. The highest BCUT2D eigenvalue weighted by Gasteiger charge is 2.23. The van der Waals surface area contributed by atoms with Gasteiger partial charge in [-0.15, -0.1) is 11.3 Å². The van der Waals surface area contributed by atoms with Gasteiger partial charge in [0.25, 0.3) is 0 Å². The number of nitrogens with zero attached hydrogens (tertiary/aromatic N) is 2. The number of nitrogens with one attached hydrogen (secondary N) is 2. The van der Waals surface area contributed by atoms with E-state index in [2.05, 4.69) is 36.4 Å². The van der Waals surface area contributed by atoms with E-state index in [1.165, 1.54) is 30.6 Å². The van der Waals surface area contributed by atoms with Crippen LogP contribution in [-0.2, 0) is 6.54 Å². The molecule has 1 fully saturated rings. The molecule has 2 N–H and O–H groups in total. The molecule has 0 atom stereocenters. The van der Waals surface area contributed by atoms with Gasteiger partial charge in [-0.2, -0.15) is 0 Å². The van der Waals surface area contributed by atoms with E-state index < -0.39 is 0 Å². The number of aliphatic imine (C=N–C) groups is 1. The molecule has 1 aromatic rings. The summed E-state index contributed by atoms with van der Waals surface area (Å²) in [6.45, 7) is 10.5. The normalized spacial score (nSPS) is 22.9. The fraction of sp³-hybridized carbons (Fsp3) is 0.765. The number of aryl methyl sites for hydroxylation is 1. The van der Waals surface area contributed by atoms with Crippen LogP contribution in [0.3, 0.4) is 0 Å². The highest BCUT2D eigenvalue weighted by atomic mass is 32.1. The van der Waals surface area contributed by atoms with Crippen molar-refractivity contribution in [3.05, 3.63) is 16.1 Å². The summed E-state index contributed by atoms with van der Waals surface area (Å²) in [6.07, 6.45) is 7.12. The first-order valence-electron chi connectivity index (χ1n) is 8.54. The molecule has 1 aliphatic carbocycles. The predicted octanol–water partition coefficient (Wildman–Crippen LogP) is 3.72. The maximum Gasteiger partial charge on any atom is 0.191 e. The zero-order valence-corrected chi connectivity index (χ0v) is 15.2. The Bertz CT molecular complexity index is 473. The Kier molecular flexibility index (Phi) is 6.68. The Balaban J connectivity index is 1.86. The van der Waals surface area contributed by atoms with E-state index >= 15 is 0 Å². The molecule has 1 aromatic heterocycles. The highest BCUT2D eigenvalue weighted by molar-refractivity contribution is 7.11. The first-order valence-corrected chi connectivity index (χ1v) is 9.36. The predicted molar refractivity (Wildman–Crippen MR) is 95.4 cm³/mol. The maximum absolute atomic E-state index is 4.71. The second-order valence-corrected chi connectivity index (χ2v) is 7.86. The van der Waals surface area contributed by atoms with Gasteiger partial charge in [0.1, 0.15) is 0 Å². The van der Waals surface area contributed by atoms with Crippen LogP contribution in [0.5, 0.6) is 0 Å². The fourth-order valence-electron chi connectivity index (χ4n) is 3.08. The van der Waals surface area contributed by atoms with Gasteiger partial charge < -0.3 is 10.6 Å². The summed E-state index contributed by atoms with van der Waals surface area (Å²) in [5, 5.41) is 8.09. The third kappa shape index (κ3) is 5.27. The number of hydrogen-bond donors (Lipinski definition) is 2. The Morgan fingerprint density at radius 1 is 1.36 bits per heavy atom. The van der Waals surface area contributed by atoms with E-state index in [-0.39, 0.29) is 0 Å². The van der Waals surface area contributed by atoms with Crippen LogP contribution >= 0.6 is 11.3 Å². The molecule has 1 saturated carbocycles. The van der Waals surface area contributed by atoms with Crippen LogP contribution in [0.2, 0.25) is 0 Å². The number of rotatable bonds is 5. The van der Waals surface area contributed by atoms with Crippen LogP contribution in [0.15, 0.2) is 11.2 Å². The Morgan fingerprint density at radius 2 is 2.09 bits per heavy atom. The molecule has 0 saturated heterocycles. The molecule has 5 heteroatoms. The molecule has 4 nitrogen and oxygen atoms in total. The van der Waals surface area contributed by atoms with Crippen molar-refractivity contribution in [3.63, 3.8) is 0 Å². The molecule has 0 aliphatic heterocycles. The summed E-state index contributed by atoms with van der Waals surface area (Å²) in [5.41, 5.74) is 0. The van der Waals surface area contributed by atoms with Gasteiger partial charge in [0.2, 0.25) is 0 Å². The van der Waals surface area contributed by atoms with Gasteiger partial charge in [-0.3, -0.25) is 0 Å². The number of hydrogen-bond acceptors (Lipinski definition) is 3. The van der Waals surface area contributed by atoms with Crippen molar-refractivity contribution >= 4 is 17.3 Å². The van der Waals surface area contributed by atoms with Crippen LogP contribution in [0, 0.1) is 18.8 Å². The molecule has 0 radical (unpaired) electrons. The number of aromatic nitrogens is 1. The molecular formula is C17H30N4S. The molecule has 1 aliphatic rings. The maximum atomic E-state index is 4.71. The first kappa shape index (κ1) is 17.3. The zero-order valence-electron chi connectivity index (χ0n) is 14.4. The van der Waals surface area contributed by atoms with Crippen LogP contribution in [-0.4, -0.2) is 23.5 Å². The van der Waals surface area contributed by atoms with Gasteiger partial charge in [-0.1, -0.05) is 13.8 Å². The average molecular weight is 323 g/mol. The van der Waals surface area contributed by atoms with Gasteiger partial charge >= 0.3 is 0 Å². The lowest BCUT2D eigenvalue weighted by atomic mass is 9.80. The largest absolute Gasteiger partial charge is 0.357 e. The zero-order chi connectivity index (χ0) is 15.9. The van der Waals surface area contributed by atoms with Crippen molar-refractivity contribution in [2.75, 3.05) is 6.54 Å².